The molecule has 1 aromatic heterocycles. The summed E-state index contributed by atoms with van der Waals surface area (Å²) in [5, 5.41) is 12.2. The van der Waals surface area contributed by atoms with Gasteiger partial charge in [0.05, 0.1) is 6.26 Å². The Kier molecular flexibility index (Phi) is 2.33. The van der Waals surface area contributed by atoms with E-state index in [1.807, 2.05) is 6.07 Å². The summed E-state index contributed by atoms with van der Waals surface area (Å²) in [6.07, 6.45) is 5.16. The van der Waals surface area contributed by atoms with E-state index in [0.717, 1.165) is 18.5 Å². The first kappa shape index (κ1) is 8.33. The van der Waals surface area contributed by atoms with Gasteiger partial charge in [-0.1, -0.05) is 6.42 Å². The van der Waals surface area contributed by atoms with E-state index in [1.54, 1.807) is 6.26 Å². The maximum Gasteiger partial charge on any atom is 0.207 e. The predicted octanol–water partition coefficient (Wildman–Crippen LogP) is 1.97. The molecule has 0 radical (unpaired) electrons. The van der Waals surface area contributed by atoms with E-state index in [9.17, 15) is 0 Å². The van der Waals surface area contributed by atoms with Crippen molar-refractivity contribution in [2.24, 2.45) is 0 Å². The first-order chi connectivity index (χ1) is 6.42. The number of piperidine rings is 1. The Hall–Kier alpha value is -1.27. The van der Waals surface area contributed by atoms with Gasteiger partial charge in [-0.3, -0.25) is 0 Å². The zero-order valence-electron chi connectivity index (χ0n) is 7.42. The summed E-state index contributed by atoms with van der Waals surface area (Å²) in [6.45, 7) is 1.04. The second-order valence-electron chi connectivity index (χ2n) is 3.32. The zero-order valence-corrected chi connectivity index (χ0v) is 7.42. The summed E-state index contributed by atoms with van der Waals surface area (Å²) in [5.74, 6) is 0.458. The van der Waals surface area contributed by atoms with Crippen molar-refractivity contribution in [1.82, 2.24) is 5.32 Å². The lowest BCUT2D eigenvalue weighted by Crippen LogP contribution is -2.26. The molecular weight excluding hydrogens is 164 g/mol. The summed E-state index contributed by atoms with van der Waals surface area (Å²) in [6, 6.07) is 4.28. The highest BCUT2D eigenvalue weighted by molar-refractivity contribution is 5.31. The molecule has 3 heteroatoms. The number of hydrogen-bond donors (Lipinski definition) is 1. The van der Waals surface area contributed by atoms with E-state index in [-0.39, 0.29) is 0 Å². The first-order valence-corrected chi connectivity index (χ1v) is 4.62. The Morgan fingerprint density at radius 1 is 1.54 bits per heavy atom. The molecule has 0 aromatic carbocycles. The molecule has 1 saturated heterocycles. The molecule has 1 aliphatic rings. The van der Waals surface area contributed by atoms with E-state index < -0.39 is 0 Å². The van der Waals surface area contributed by atoms with E-state index in [0.29, 0.717) is 11.8 Å². The lowest BCUT2D eigenvalue weighted by molar-refractivity contribution is 0.407. The third-order valence-corrected chi connectivity index (χ3v) is 2.48. The maximum absolute atomic E-state index is 8.77. The van der Waals surface area contributed by atoms with Crippen molar-refractivity contribution in [3.63, 3.8) is 0 Å². The topological polar surface area (TPSA) is 49.0 Å². The van der Waals surface area contributed by atoms with Gasteiger partial charge in [0.2, 0.25) is 5.76 Å². The van der Waals surface area contributed by atoms with Crippen LogP contribution in [0.25, 0.3) is 0 Å². The van der Waals surface area contributed by atoms with Crippen LogP contribution in [0, 0.1) is 11.3 Å². The second-order valence-corrected chi connectivity index (χ2v) is 3.32. The molecule has 68 valence electrons. The van der Waals surface area contributed by atoms with Crippen LogP contribution in [-0.2, 0) is 0 Å². The van der Waals surface area contributed by atoms with Crippen LogP contribution in [0.1, 0.15) is 36.6 Å². The average molecular weight is 176 g/mol. The van der Waals surface area contributed by atoms with Gasteiger partial charge in [0.1, 0.15) is 6.07 Å². The second kappa shape index (κ2) is 3.63. The number of nitrogens with zero attached hydrogens (tertiary/aromatic N) is 1. The molecule has 0 spiro atoms. The molecule has 3 nitrogen and oxygen atoms in total. The fraction of sp³-hybridized carbons (Fsp3) is 0.500. The molecular formula is C10H12N2O. The number of nitriles is 1. The van der Waals surface area contributed by atoms with Crippen molar-refractivity contribution < 1.29 is 4.42 Å². The number of hydrogen-bond acceptors (Lipinski definition) is 3. The molecule has 1 aliphatic heterocycles. The molecule has 13 heavy (non-hydrogen) atoms. The monoisotopic (exact) mass is 176 g/mol. The Balaban J connectivity index is 2.19. The van der Waals surface area contributed by atoms with E-state index >= 15 is 0 Å². The normalized spacial score (nSPS) is 22.5. The summed E-state index contributed by atoms with van der Waals surface area (Å²) in [7, 11) is 0. The summed E-state index contributed by atoms with van der Waals surface area (Å²) in [5.41, 5.74) is 1.02. The molecule has 1 atom stereocenters. The van der Waals surface area contributed by atoms with Gasteiger partial charge in [-0.05, 0) is 25.5 Å². The summed E-state index contributed by atoms with van der Waals surface area (Å²) >= 11 is 0. The molecule has 0 bridgehead atoms. The van der Waals surface area contributed by atoms with Crippen LogP contribution in [0.2, 0.25) is 0 Å². The van der Waals surface area contributed by atoms with Crippen molar-refractivity contribution in [3.05, 3.63) is 23.7 Å². The Labute approximate surface area is 77.4 Å². The fourth-order valence-electron chi connectivity index (χ4n) is 1.80. The lowest BCUT2D eigenvalue weighted by atomic mass is 9.98. The van der Waals surface area contributed by atoms with E-state index in [1.165, 1.54) is 12.8 Å². The van der Waals surface area contributed by atoms with Gasteiger partial charge in [0, 0.05) is 11.6 Å². The zero-order chi connectivity index (χ0) is 9.10. The minimum Gasteiger partial charge on any atom is -0.454 e. The standard InChI is InChI=1S/C10H12N2O/c11-7-10-8(4-6-13-10)9-3-1-2-5-12-9/h4,6,9,12H,1-3,5H2/t9-/m1/s1. The number of rotatable bonds is 1. The predicted molar refractivity (Wildman–Crippen MR) is 48.0 cm³/mol. The molecule has 1 fully saturated rings. The summed E-state index contributed by atoms with van der Waals surface area (Å²) < 4.78 is 5.07. The average Bonchev–Trinajstić information content (AvgIpc) is 2.67. The first-order valence-electron chi connectivity index (χ1n) is 4.62. The molecule has 0 aliphatic carbocycles. The van der Waals surface area contributed by atoms with Gasteiger partial charge >= 0.3 is 0 Å². The van der Waals surface area contributed by atoms with E-state index in [2.05, 4.69) is 11.4 Å². The maximum atomic E-state index is 8.77. The van der Waals surface area contributed by atoms with Crippen LogP contribution < -0.4 is 5.32 Å². The van der Waals surface area contributed by atoms with Crippen LogP contribution in [0.15, 0.2) is 16.7 Å². The Morgan fingerprint density at radius 3 is 3.15 bits per heavy atom. The van der Waals surface area contributed by atoms with E-state index in [4.69, 9.17) is 9.68 Å². The Bertz CT molecular complexity index is 318. The van der Waals surface area contributed by atoms with Crippen molar-refractivity contribution in [2.75, 3.05) is 6.54 Å². The van der Waals surface area contributed by atoms with Crippen molar-refractivity contribution in [1.29, 1.82) is 5.26 Å². The number of furan rings is 1. The third-order valence-electron chi connectivity index (χ3n) is 2.48. The van der Waals surface area contributed by atoms with Crippen molar-refractivity contribution >= 4 is 0 Å². The molecule has 1 aromatic rings. The van der Waals surface area contributed by atoms with Gasteiger partial charge in [-0.15, -0.1) is 0 Å². The van der Waals surface area contributed by atoms with Gasteiger partial charge in [-0.2, -0.15) is 5.26 Å². The fourth-order valence-corrected chi connectivity index (χ4v) is 1.80. The molecule has 0 saturated carbocycles. The van der Waals surface area contributed by atoms with Gasteiger partial charge in [0.15, 0.2) is 0 Å². The molecule has 2 rings (SSSR count). The van der Waals surface area contributed by atoms with Crippen molar-refractivity contribution in [2.45, 2.75) is 25.3 Å². The Morgan fingerprint density at radius 2 is 2.46 bits per heavy atom. The highest BCUT2D eigenvalue weighted by Gasteiger charge is 2.19. The van der Waals surface area contributed by atoms with Crippen molar-refractivity contribution in [3.8, 4) is 6.07 Å². The smallest absolute Gasteiger partial charge is 0.207 e. The quantitative estimate of drug-likeness (QED) is 0.711. The minimum absolute atomic E-state index is 0.321. The lowest BCUT2D eigenvalue weighted by Gasteiger charge is -2.22. The third kappa shape index (κ3) is 1.58. The van der Waals surface area contributed by atoms with Gasteiger partial charge < -0.3 is 9.73 Å². The minimum atomic E-state index is 0.321. The molecule has 1 N–H and O–H groups in total. The van der Waals surface area contributed by atoms with Crippen LogP contribution in [-0.4, -0.2) is 6.54 Å². The molecule has 0 amide bonds. The van der Waals surface area contributed by atoms with Gasteiger partial charge in [-0.25, -0.2) is 0 Å². The van der Waals surface area contributed by atoms with Gasteiger partial charge in [0.25, 0.3) is 0 Å². The van der Waals surface area contributed by atoms with Crippen LogP contribution in [0.4, 0.5) is 0 Å². The highest BCUT2D eigenvalue weighted by Crippen LogP contribution is 2.25. The highest BCUT2D eigenvalue weighted by atomic mass is 16.3. The van der Waals surface area contributed by atoms with Crippen LogP contribution >= 0.6 is 0 Å². The van der Waals surface area contributed by atoms with Crippen LogP contribution in [0.5, 0.6) is 0 Å². The SMILES string of the molecule is N#Cc1occc1[C@H]1CCCCN1. The summed E-state index contributed by atoms with van der Waals surface area (Å²) in [4.78, 5) is 0. The largest absolute Gasteiger partial charge is 0.454 e. The number of nitrogens with one attached hydrogen (secondary N) is 1. The molecule has 0 unspecified atom stereocenters. The van der Waals surface area contributed by atoms with Crippen LogP contribution in [0.3, 0.4) is 0 Å². The molecule has 2 heterocycles.